The third kappa shape index (κ3) is 2.28. The molecule has 84 valence electrons. The zero-order chi connectivity index (χ0) is 11.5. The number of anilines is 1. The van der Waals surface area contributed by atoms with Crippen molar-refractivity contribution in [3.05, 3.63) is 29.7 Å². The van der Waals surface area contributed by atoms with Crippen molar-refractivity contribution in [1.82, 2.24) is 9.97 Å². The predicted octanol–water partition coefficient (Wildman–Crippen LogP) is 2.75. The van der Waals surface area contributed by atoms with Crippen LogP contribution in [-0.4, -0.2) is 22.1 Å². The van der Waals surface area contributed by atoms with Gasteiger partial charge in [-0.2, -0.15) is 0 Å². The molecule has 0 fully saturated rings. The molecule has 0 saturated heterocycles. The number of carbonyl (C=O) groups excluding carboxylic acids is 1. The molecule has 1 amide bonds. The van der Waals surface area contributed by atoms with Crippen LogP contribution < -0.4 is 5.32 Å². The van der Waals surface area contributed by atoms with Crippen molar-refractivity contribution in [3.8, 4) is 0 Å². The van der Waals surface area contributed by atoms with Gasteiger partial charge in [0.25, 0.3) is 5.91 Å². The number of aryl methyl sites for hydroxylation is 1. The van der Waals surface area contributed by atoms with E-state index in [-0.39, 0.29) is 5.91 Å². The number of rotatable bonds is 3. The molecule has 0 unspecified atom stereocenters. The highest BCUT2D eigenvalue weighted by Gasteiger charge is 2.11. The number of thioether (sulfide) groups is 1. The Morgan fingerprint density at radius 2 is 2.44 bits per heavy atom. The first-order valence-electron chi connectivity index (χ1n) is 4.67. The molecule has 0 aliphatic carbocycles. The Bertz CT molecular complexity index is 490. The molecule has 6 heteroatoms. The SMILES string of the molecule is CSc1sc(NC(=O)c2ccc[nH]2)nc1C. The number of nitrogens with one attached hydrogen (secondary N) is 2. The number of aromatic nitrogens is 2. The van der Waals surface area contributed by atoms with E-state index in [1.165, 1.54) is 11.3 Å². The van der Waals surface area contributed by atoms with Gasteiger partial charge >= 0.3 is 0 Å². The molecule has 16 heavy (non-hydrogen) atoms. The highest BCUT2D eigenvalue weighted by atomic mass is 32.2. The van der Waals surface area contributed by atoms with Gasteiger partial charge < -0.3 is 4.98 Å². The summed E-state index contributed by atoms with van der Waals surface area (Å²) < 4.78 is 1.13. The summed E-state index contributed by atoms with van der Waals surface area (Å²) in [6.45, 7) is 1.94. The van der Waals surface area contributed by atoms with Crippen molar-refractivity contribution in [3.63, 3.8) is 0 Å². The third-order valence-corrected chi connectivity index (χ3v) is 4.29. The molecule has 0 atom stereocenters. The number of thiazole rings is 1. The molecule has 0 saturated carbocycles. The van der Waals surface area contributed by atoms with E-state index in [2.05, 4.69) is 15.3 Å². The number of hydrogen-bond acceptors (Lipinski definition) is 4. The highest BCUT2D eigenvalue weighted by Crippen LogP contribution is 2.30. The third-order valence-electron chi connectivity index (χ3n) is 2.00. The topological polar surface area (TPSA) is 57.8 Å². The van der Waals surface area contributed by atoms with Gasteiger partial charge in [0.1, 0.15) is 5.69 Å². The molecule has 2 rings (SSSR count). The van der Waals surface area contributed by atoms with E-state index >= 15 is 0 Å². The maximum absolute atomic E-state index is 11.7. The van der Waals surface area contributed by atoms with Crippen LogP contribution >= 0.6 is 23.1 Å². The van der Waals surface area contributed by atoms with Gasteiger partial charge in [-0.3, -0.25) is 10.1 Å². The second-order valence-corrected chi connectivity index (χ2v) is 5.21. The minimum Gasteiger partial charge on any atom is -0.357 e. The molecule has 2 aromatic rings. The average molecular weight is 253 g/mol. The van der Waals surface area contributed by atoms with Crippen LogP contribution in [-0.2, 0) is 0 Å². The van der Waals surface area contributed by atoms with Crippen LogP contribution in [0, 0.1) is 6.92 Å². The summed E-state index contributed by atoms with van der Waals surface area (Å²) in [5, 5.41) is 3.40. The number of carbonyl (C=O) groups is 1. The van der Waals surface area contributed by atoms with Crippen LogP contribution in [0.25, 0.3) is 0 Å². The molecule has 0 aliphatic rings. The summed E-state index contributed by atoms with van der Waals surface area (Å²) in [6.07, 6.45) is 3.71. The predicted molar refractivity (Wildman–Crippen MR) is 67.4 cm³/mol. The lowest BCUT2D eigenvalue weighted by Crippen LogP contribution is -2.11. The van der Waals surface area contributed by atoms with Gasteiger partial charge in [0.05, 0.1) is 9.90 Å². The normalized spacial score (nSPS) is 10.4. The quantitative estimate of drug-likeness (QED) is 0.827. The fraction of sp³-hybridized carbons (Fsp3) is 0.200. The summed E-state index contributed by atoms with van der Waals surface area (Å²) in [6, 6.07) is 3.51. The lowest BCUT2D eigenvalue weighted by Gasteiger charge is -1.97. The lowest BCUT2D eigenvalue weighted by molar-refractivity contribution is 0.102. The van der Waals surface area contributed by atoms with E-state index in [9.17, 15) is 4.79 Å². The number of amides is 1. The van der Waals surface area contributed by atoms with Gasteiger partial charge in [-0.25, -0.2) is 4.98 Å². The summed E-state index contributed by atoms with van der Waals surface area (Å²) in [4.78, 5) is 18.8. The van der Waals surface area contributed by atoms with E-state index in [1.54, 1.807) is 30.1 Å². The fourth-order valence-electron chi connectivity index (χ4n) is 1.26. The van der Waals surface area contributed by atoms with Crippen LogP contribution in [0.5, 0.6) is 0 Å². The van der Waals surface area contributed by atoms with Crippen molar-refractivity contribution in [2.75, 3.05) is 11.6 Å². The molecule has 0 aromatic carbocycles. The van der Waals surface area contributed by atoms with Crippen molar-refractivity contribution >= 4 is 34.1 Å². The zero-order valence-corrected chi connectivity index (χ0v) is 10.5. The van der Waals surface area contributed by atoms with E-state index in [1.807, 2.05) is 13.2 Å². The Hall–Kier alpha value is -1.27. The Morgan fingerprint density at radius 1 is 1.62 bits per heavy atom. The zero-order valence-electron chi connectivity index (χ0n) is 8.90. The van der Waals surface area contributed by atoms with Crippen molar-refractivity contribution in [2.45, 2.75) is 11.1 Å². The van der Waals surface area contributed by atoms with Crippen LogP contribution in [0.15, 0.2) is 22.5 Å². The van der Waals surface area contributed by atoms with Crippen LogP contribution in [0.2, 0.25) is 0 Å². The average Bonchev–Trinajstić information content (AvgIpc) is 2.87. The van der Waals surface area contributed by atoms with Gasteiger partial charge in [0.15, 0.2) is 5.13 Å². The fourth-order valence-corrected chi connectivity index (χ4v) is 2.87. The standard InChI is InChI=1S/C10H11N3OS2/c1-6-9(15-2)16-10(12-6)13-8(14)7-4-3-5-11-7/h3-5,11H,1-2H3,(H,12,13,14). The van der Waals surface area contributed by atoms with E-state index < -0.39 is 0 Å². The van der Waals surface area contributed by atoms with Gasteiger partial charge in [0.2, 0.25) is 0 Å². The minimum atomic E-state index is -0.161. The smallest absolute Gasteiger partial charge is 0.273 e. The Labute approximate surface area is 101 Å². The maximum atomic E-state index is 11.7. The highest BCUT2D eigenvalue weighted by molar-refractivity contribution is 8.00. The van der Waals surface area contributed by atoms with Gasteiger partial charge in [-0.1, -0.05) is 11.3 Å². The first-order valence-corrected chi connectivity index (χ1v) is 6.71. The second-order valence-electron chi connectivity index (χ2n) is 3.13. The first kappa shape index (κ1) is 11.2. The Balaban J connectivity index is 2.12. The molecular weight excluding hydrogens is 242 g/mol. The van der Waals surface area contributed by atoms with Crippen molar-refractivity contribution in [2.24, 2.45) is 0 Å². The van der Waals surface area contributed by atoms with E-state index in [4.69, 9.17) is 0 Å². The number of hydrogen-bond donors (Lipinski definition) is 2. The first-order chi connectivity index (χ1) is 7.70. The monoisotopic (exact) mass is 253 g/mol. The molecule has 2 N–H and O–H groups in total. The number of H-pyrrole nitrogens is 1. The second kappa shape index (κ2) is 4.71. The van der Waals surface area contributed by atoms with Crippen LogP contribution in [0.4, 0.5) is 5.13 Å². The summed E-state index contributed by atoms with van der Waals surface area (Å²) in [5.74, 6) is -0.161. The molecule has 2 heterocycles. The molecule has 0 bridgehead atoms. The molecule has 0 spiro atoms. The van der Waals surface area contributed by atoms with Gasteiger partial charge in [0, 0.05) is 6.20 Å². The maximum Gasteiger partial charge on any atom is 0.273 e. The Kier molecular flexibility index (Phi) is 3.31. The minimum absolute atomic E-state index is 0.161. The van der Waals surface area contributed by atoms with Crippen LogP contribution in [0.1, 0.15) is 16.2 Å². The van der Waals surface area contributed by atoms with Crippen molar-refractivity contribution in [1.29, 1.82) is 0 Å². The molecule has 4 nitrogen and oxygen atoms in total. The van der Waals surface area contributed by atoms with Crippen LogP contribution in [0.3, 0.4) is 0 Å². The summed E-state index contributed by atoms with van der Waals surface area (Å²) >= 11 is 3.13. The summed E-state index contributed by atoms with van der Waals surface area (Å²) in [5.41, 5.74) is 1.50. The molecular formula is C10H11N3OS2. The molecule has 0 aliphatic heterocycles. The van der Waals surface area contributed by atoms with Gasteiger partial charge in [-0.15, -0.1) is 11.8 Å². The van der Waals surface area contributed by atoms with Gasteiger partial charge in [-0.05, 0) is 25.3 Å². The van der Waals surface area contributed by atoms with E-state index in [0.29, 0.717) is 10.8 Å². The molecule has 0 radical (unpaired) electrons. The Morgan fingerprint density at radius 3 is 3.00 bits per heavy atom. The lowest BCUT2D eigenvalue weighted by atomic mass is 10.4. The number of nitrogens with zero attached hydrogens (tertiary/aromatic N) is 1. The number of aromatic amines is 1. The van der Waals surface area contributed by atoms with E-state index in [0.717, 1.165) is 9.90 Å². The molecule has 2 aromatic heterocycles. The largest absolute Gasteiger partial charge is 0.357 e. The summed E-state index contributed by atoms with van der Waals surface area (Å²) in [7, 11) is 0. The van der Waals surface area contributed by atoms with Crippen molar-refractivity contribution < 1.29 is 4.79 Å².